The largest absolute Gasteiger partial charge is 0.357 e. The third-order valence-corrected chi connectivity index (χ3v) is 3.80. The summed E-state index contributed by atoms with van der Waals surface area (Å²) in [5, 5.41) is 8.15. The molecule has 0 saturated heterocycles. The molecule has 1 saturated carbocycles. The quantitative estimate of drug-likeness (QED) is 0.875. The zero-order valence-electron chi connectivity index (χ0n) is 12.5. The summed E-state index contributed by atoms with van der Waals surface area (Å²) in [6.07, 6.45) is 6.40. The van der Waals surface area contributed by atoms with E-state index in [9.17, 15) is 0 Å². The van der Waals surface area contributed by atoms with Crippen molar-refractivity contribution < 1.29 is 0 Å². The summed E-state index contributed by atoms with van der Waals surface area (Å²) in [5.41, 5.74) is 2.20. The van der Waals surface area contributed by atoms with Gasteiger partial charge >= 0.3 is 0 Å². The number of likely N-dealkylation sites (N-methyl/N-ethyl adjacent to an activating group) is 1. The maximum absolute atomic E-state index is 4.61. The van der Waals surface area contributed by atoms with Crippen LogP contribution in [0.15, 0.2) is 18.5 Å². The molecule has 0 spiro atoms. The zero-order valence-corrected chi connectivity index (χ0v) is 12.5. The number of hydrogen-bond donors (Lipinski definition) is 1. The predicted octanol–water partition coefficient (Wildman–Crippen LogP) is 2.04. The number of fused-ring (bicyclic) bond motifs is 1. The number of nitrogens with zero attached hydrogens (tertiary/aromatic N) is 4. The van der Waals surface area contributed by atoms with Crippen molar-refractivity contribution in [3.63, 3.8) is 0 Å². The van der Waals surface area contributed by atoms with Crippen molar-refractivity contribution in [2.75, 3.05) is 25.0 Å². The van der Waals surface area contributed by atoms with Gasteiger partial charge in [0.25, 0.3) is 0 Å². The van der Waals surface area contributed by atoms with Crippen molar-refractivity contribution in [3.05, 3.63) is 24.2 Å². The number of rotatable bonds is 6. The highest BCUT2D eigenvalue weighted by Gasteiger charge is 2.20. The molecule has 5 heteroatoms. The maximum atomic E-state index is 4.61. The van der Waals surface area contributed by atoms with Gasteiger partial charge in [0.15, 0.2) is 5.82 Å². The van der Waals surface area contributed by atoms with Crippen LogP contribution in [0, 0.1) is 0 Å². The second kappa shape index (κ2) is 5.40. The Kier molecular flexibility index (Phi) is 3.61. The molecule has 20 heavy (non-hydrogen) atoms. The molecular weight excluding hydrogens is 250 g/mol. The van der Waals surface area contributed by atoms with Crippen LogP contribution in [0.1, 0.15) is 38.3 Å². The SMILES string of the molecule is CC(C)c1cc2c(N(C)CCNC3CC3)nccn2n1. The average molecular weight is 273 g/mol. The first-order valence-electron chi connectivity index (χ1n) is 7.44. The topological polar surface area (TPSA) is 45.5 Å². The minimum absolute atomic E-state index is 0.435. The van der Waals surface area contributed by atoms with E-state index in [-0.39, 0.29) is 0 Å². The molecule has 2 heterocycles. The van der Waals surface area contributed by atoms with Gasteiger partial charge in [-0.15, -0.1) is 0 Å². The third kappa shape index (κ3) is 2.77. The molecule has 3 rings (SSSR count). The van der Waals surface area contributed by atoms with E-state index in [0.29, 0.717) is 5.92 Å². The fraction of sp³-hybridized carbons (Fsp3) is 0.600. The summed E-state index contributed by atoms with van der Waals surface area (Å²) in [5.74, 6) is 1.44. The van der Waals surface area contributed by atoms with Gasteiger partial charge in [0.1, 0.15) is 5.52 Å². The van der Waals surface area contributed by atoms with Crippen molar-refractivity contribution in [3.8, 4) is 0 Å². The number of anilines is 1. The molecule has 0 atom stereocenters. The van der Waals surface area contributed by atoms with Crippen molar-refractivity contribution >= 4 is 11.3 Å². The first-order valence-corrected chi connectivity index (χ1v) is 7.44. The standard InChI is InChI=1S/C15H23N5/c1-11(2)13-10-14-15(17-7-9-20(14)18-13)19(3)8-6-16-12-4-5-12/h7,9-12,16H,4-6,8H2,1-3H3. The van der Waals surface area contributed by atoms with Gasteiger partial charge < -0.3 is 10.2 Å². The highest BCUT2D eigenvalue weighted by Crippen LogP contribution is 2.22. The van der Waals surface area contributed by atoms with Gasteiger partial charge in [0.05, 0.1) is 5.69 Å². The van der Waals surface area contributed by atoms with E-state index in [2.05, 4.69) is 47.3 Å². The molecule has 0 amide bonds. The van der Waals surface area contributed by atoms with Crippen LogP contribution in [0.5, 0.6) is 0 Å². The van der Waals surface area contributed by atoms with E-state index in [1.807, 2.05) is 16.9 Å². The molecule has 0 aliphatic heterocycles. The normalized spacial score (nSPS) is 15.2. The molecule has 0 unspecified atom stereocenters. The Morgan fingerprint density at radius 2 is 2.25 bits per heavy atom. The summed E-state index contributed by atoms with van der Waals surface area (Å²) in [6.45, 7) is 6.30. The summed E-state index contributed by atoms with van der Waals surface area (Å²) >= 11 is 0. The fourth-order valence-electron chi connectivity index (χ4n) is 2.33. The van der Waals surface area contributed by atoms with Crippen LogP contribution in [0.25, 0.3) is 5.52 Å². The first-order chi connectivity index (χ1) is 9.65. The van der Waals surface area contributed by atoms with Crippen LogP contribution >= 0.6 is 0 Å². The van der Waals surface area contributed by atoms with E-state index < -0.39 is 0 Å². The molecule has 0 aromatic carbocycles. The van der Waals surface area contributed by atoms with Crippen molar-refractivity contribution in [2.45, 2.75) is 38.6 Å². The monoisotopic (exact) mass is 273 g/mol. The van der Waals surface area contributed by atoms with Crippen LogP contribution in [-0.2, 0) is 0 Å². The minimum atomic E-state index is 0.435. The highest BCUT2D eigenvalue weighted by molar-refractivity contribution is 5.69. The lowest BCUT2D eigenvalue weighted by Crippen LogP contribution is -2.30. The van der Waals surface area contributed by atoms with E-state index >= 15 is 0 Å². The summed E-state index contributed by atoms with van der Waals surface area (Å²) in [7, 11) is 2.10. The molecule has 1 N–H and O–H groups in total. The summed E-state index contributed by atoms with van der Waals surface area (Å²) in [4.78, 5) is 6.74. The molecular formula is C15H23N5. The van der Waals surface area contributed by atoms with Crippen LogP contribution < -0.4 is 10.2 Å². The van der Waals surface area contributed by atoms with Crippen molar-refractivity contribution in [1.29, 1.82) is 0 Å². The average Bonchev–Trinajstić information content (AvgIpc) is 3.13. The Balaban J connectivity index is 1.78. The number of aromatic nitrogens is 3. The van der Waals surface area contributed by atoms with Crippen LogP contribution in [-0.4, -0.2) is 40.8 Å². The van der Waals surface area contributed by atoms with Gasteiger partial charge in [-0.1, -0.05) is 13.8 Å². The van der Waals surface area contributed by atoms with Crippen LogP contribution in [0.2, 0.25) is 0 Å². The van der Waals surface area contributed by atoms with Gasteiger partial charge in [-0.25, -0.2) is 9.50 Å². The van der Waals surface area contributed by atoms with Gasteiger partial charge in [-0.05, 0) is 24.8 Å². The second-order valence-electron chi connectivity index (χ2n) is 5.95. The Labute approximate surface area is 120 Å². The van der Waals surface area contributed by atoms with E-state index in [1.54, 1.807) is 0 Å². The van der Waals surface area contributed by atoms with Crippen molar-refractivity contribution in [2.24, 2.45) is 0 Å². The Morgan fingerprint density at radius 1 is 1.45 bits per heavy atom. The van der Waals surface area contributed by atoms with Crippen molar-refractivity contribution in [1.82, 2.24) is 19.9 Å². The third-order valence-electron chi connectivity index (χ3n) is 3.80. The lowest BCUT2D eigenvalue weighted by atomic mass is 10.1. The van der Waals surface area contributed by atoms with Gasteiger partial charge in [0, 0.05) is 38.6 Å². The lowest BCUT2D eigenvalue weighted by Gasteiger charge is -2.19. The van der Waals surface area contributed by atoms with E-state index in [1.165, 1.54) is 12.8 Å². The minimum Gasteiger partial charge on any atom is -0.357 e. The molecule has 1 aliphatic carbocycles. The Hall–Kier alpha value is -1.62. The van der Waals surface area contributed by atoms with Gasteiger partial charge in [-0.3, -0.25) is 0 Å². The molecule has 108 valence electrons. The van der Waals surface area contributed by atoms with E-state index in [0.717, 1.165) is 36.2 Å². The zero-order chi connectivity index (χ0) is 14.1. The highest BCUT2D eigenvalue weighted by atomic mass is 15.3. The number of hydrogen-bond acceptors (Lipinski definition) is 4. The van der Waals surface area contributed by atoms with E-state index in [4.69, 9.17) is 0 Å². The second-order valence-corrected chi connectivity index (χ2v) is 5.95. The molecule has 0 bridgehead atoms. The molecule has 2 aromatic heterocycles. The van der Waals surface area contributed by atoms with Gasteiger partial charge in [0.2, 0.25) is 0 Å². The predicted molar refractivity (Wildman–Crippen MR) is 81.4 cm³/mol. The smallest absolute Gasteiger partial charge is 0.154 e. The van der Waals surface area contributed by atoms with Crippen LogP contribution in [0.4, 0.5) is 5.82 Å². The number of nitrogens with one attached hydrogen (secondary N) is 1. The molecule has 0 radical (unpaired) electrons. The molecule has 1 fully saturated rings. The molecule has 5 nitrogen and oxygen atoms in total. The fourth-order valence-corrected chi connectivity index (χ4v) is 2.33. The summed E-state index contributed by atoms with van der Waals surface area (Å²) in [6, 6.07) is 2.91. The Bertz CT molecular complexity index is 585. The lowest BCUT2D eigenvalue weighted by molar-refractivity contribution is 0.672. The molecule has 2 aromatic rings. The van der Waals surface area contributed by atoms with Gasteiger partial charge in [-0.2, -0.15) is 5.10 Å². The van der Waals surface area contributed by atoms with Crippen LogP contribution in [0.3, 0.4) is 0 Å². The molecule has 1 aliphatic rings. The maximum Gasteiger partial charge on any atom is 0.154 e. The first kappa shape index (κ1) is 13.4. The Morgan fingerprint density at radius 3 is 2.95 bits per heavy atom. The summed E-state index contributed by atoms with van der Waals surface area (Å²) < 4.78 is 1.93.